The van der Waals surface area contributed by atoms with Crippen LogP contribution in [0.1, 0.15) is 17.0 Å². The van der Waals surface area contributed by atoms with Crippen LogP contribution in [-0.2, 0) is 6.54 Å². The zero-order chi connectivity index (χ0) is 19.7. The first-order chi connectivity index (χ1) is 13.6. The Balaban J connectivity index is 1.73. The molecule has 0 aliphatic carbocycles. The summed E-state index contributed by atoms with van der Waals surface area (Å²) in [6.07, 6.45) is 3.73. The average molecular weight is 387 g/mol. The molecule has 28 heavy (non-hydrogen) atoms. The van der Waals surface area contributed by atoms with Crippen LogP contribution < -0.4 is 0 Å². The van der Waals surface area contributed by atoms with Crippen molar-refractivity contribution in [3.05, 3.63) is 88.5 Å². The summed E-state index contributed by atoms with van der Waals surface area (Å²) < 4.78 is 4.12. The summed E-state index contributed by atoms with van der Waals surface area (Å²) >= 11 is 6.40. The Hall–Kier alpha value is -3.29. The number of aryl methyl sites for hydroxylation is 1. The predicted molar refractivity (Wildman–Crippen MR) is 114 cm³/mol. The van der Waals surface area contributed by atoms with Crippen LogP contribution in [0.2, 0.25) is 5.02 Å². The summed E-state index contributed by atoms with van der Waals surface area (Å²) in [6.45, 7) is 4.57. The lowest BCUT2D eigenvalue weighted by molar-refractivity contribution is 0.830. The number of imidazole rings is 1. The lowest BCUT2D eigenvalue weighted by Gasteiger charge is -2.11. The number of benzene rings is 2. The van der Waals surface area contributed by atoms with Crippen molar-refractivity contribution in [3.8, 4) is 11.8 Å². The van der Waals surface area contributed by atoms with E-state index in [9.17, 15) is 5.26 Å². The number of nitrogens with zero attached hydrogens (tertiary/aromatic N) is 4. The number of hydrogen-bond donors (Lipinski definition) is 0. The summed E-state index contributed by atoms with van der Waals surface area (Å²) in [4.78, 5) is 4.41. The van der Waals surface area contributed by atoms with Crippen LogP contribution in [0.5, 0.6) is 0 Å². The van der Waals surface area contributed by atoms with Crippen LogP contribution in [0, 0.1) is 25.2 Å². The number of aromatic nitrogens is 3. The number of fused-ring (bicyclic) bond motifs is 1. The molecule has 5 heteroatoms. The highest BCUT2D eigenvalue weighted by Gasteiger charge is 2.13. The molecule has 0 amide bonds. The van der Waals surface area contributed by atoms with Crippen LogP contribution in [-0.4, -0.2) is 14.1 Å². The molecule has 4 rings (SSSR count). The Morgan fingerprint density at radius 2 is 1.89 bits per heavy atom. The third-order valence-corrected chi connectivity index (χ3v) is 5.22. The maximum atomic E-state index is 9.71. The van der Waals surface area contributed by atoms with E-state index in [0.29, 0.717) is 17.1 Å². The van der Waals surface area contributed by atoms with E-state index in [4.69, 9.17) is 11.6 Å². The van der Waals surface area contributed by atoms with Gasteiger partial charge in [-0.2, -0.15) is 5.26 Å². The molecule has 0 fully saturated rings. The van der Waals surface area contributed by atoms with E-state index in [1.807, 2.05) is 73.0 Å². The van der Waals surface area contributed by atoms with E-state index in [1.54, 1.807) is 6.33 Å². The van der Waals surface area contributed by atoms with Crippen LogP contribution >= 0.6 is 11.6 Å². The number of allylic oxidation sites excluding steroid dienone is 1. The minimum absolute atomic E-state index is 0.479. The first kappa shape index (κ1) is 18.1. The predicted octanol–water partition coefficient (Wildman–Crippen LogP) is 5.70. The first-order valence-electron chi connectivity index (χ1n) is 9.03. The lowest BCUT2D eigenvalue weighted by Crippen LogP contribution is -2.00. The van der Waals surface area contributed by atoms with Crippen molar-refractivity contribution < 1.29 is 0 Å². The van der Waals surface area contributed by atoms with Crippen LogP contribution in [0.4, 0.5) is 0 Å². The van der Waals surface area contributed by atoms with Crippen molar-refractivity contribution in [2.24, 2.45) is 0 Å². The molecule has 2 aromatic carbocycles. The smallest absolute Gasteiger partial charge is 0.0966 e. The van der Waals surface area contributed by atoms with Crippen molar-refractivity contribution >= 4 is 28.7 Å². The maximum Gasteiger partial charge on any atom is 0.0966 e. The zero-order valence-electron chi connectivity index (χ0n) is 15.7. The molecule has 4 aromatic rings. The van der Waals surface area contributed by atoms with Gasteiger partial charge in [-0.05, 0) is 55.8 Å². The zero-order valence-corrected chi connectivity index (χ0v) is 16.5. The van der Waals surface area contributed by atoms with Gasteiger partial charge in [0, 0.05) is 17.0 Å². The van der Waals surface area contributed by atoms with Crippen molar-refractivity contribution in [1.29, 1.82) is 5.26 Å². The number of hydrogen-bond acceptors (Lipinski definition) is 2. The fraction of sp³-hybridized carbons (Fsp3) is 0.130. The average Bonchev–Trinajstić information content (AvgIpc) is 3.23. The second-order valence-electron chi connectivity index (χ2n) is 6.76. The number of nitriles is 1. The highest BCUT2D eigenvalue weighted by atomic mass is 35.5. The van der Waals surface area contributed by atoms with E-state index in [-0.39, 0.29) is 0 Å². The van der Waals surface area contributed by atoms with Crippen LogP contribution in [0.15, 0.2) is 66.5 Å². The molecule has 0 saturated heterocycles. The molecule has 0 N–H and O–H groups in total. The van der Waals surface area contributed by atoms with E-state index < -0.39 is 0 Å². The molecule has 0 atom stereocenters. The van der Waals surface area contributed by atoms with Crippen molar-refractivity contribution in [2.45, 2.75) is 20.4 Å². The number of halogens is 1. The molecule has 2 aromatic heterocycles. The Morgan fingerprint density at radius 1 is 1.14 bits per heavy atom. The Kier molecular flexibility index (Phi) is 4.77. The SMILES string of the molecule is Cc1cc(/C=C(/C#N)Cn2cnc3ccccc32)c(C)n1-c1ccccc1Cl. The van der Waals surface area contributed by atoms with E-state index in [2.05, 4.69) is 21.7 Å². The third-order valence-electron chi connectivity index (χ3n) is 4.91. The molecular weight excluding hydrogens is 368 g/mol. The van der Waals surface area contributed by atoms with Gasteiger partial charge in [0.05, 0.1) is 40.7 Å². The molecule has 0 saturated carbocycles. The summed E-state index contributed by atoms with van der Waals surface area (Å²) in [6, 6.07) is 20.1. The number of para-hydroxylation sites is 3. The quantitative estimate of drug-likeness (QED) is 0.422. The Morgan fingerprint density at radius 3 is 2.68 bits per heavy atom. The normalized spacial score (nSPS) is 11.7. The maximum absolute atomic E-state index is 9.71. The molecule has 0 radical (unpaired) electrons. The lowest BCUT2D eigenvalue weighted by atomic mass is 10.1. The molecule has 4 nitrogen and oxygen atoms in total. The highest BCUT2D eigenvalue weighted by molar-refractivity contribution is 6.32. The van der Waals surface area contributed by atoms with Crippen molar-refractivity contribution in [1.82, 2.24) is 14.1 Å². The Labute approximate surface area is 168 Å². The van der Waals surface area contributed by atoms with Gasteiger partial charge < -0.3 is 9.13 Å². The molecule has 0 bridgehead atoms. The summed E-state index contributed by atoms with van der Waals surface area (Å²) in [5.41, 5.74) is 6.69. The standard InChI is InChI=1S/C23H19ClN4/c1-16-11-19(17(2)28(16)22-9-5-3-7-20(22)24)12-18(13-25)14-27-15-26-21-8-4-6-10-23(21)27/h3-12,15H,14H2,1-2H3/b18-12-. The largest absolute Gasteiger partial charge is 0.325 e. The second-order valence-corrected chi connectivity index (χ2v) is 7.16. The number of rotatable bonds is 4. The molecule has 0 aliphatic rings. The van der Waals surface area contributed by atoms with Gasteiger partial charge in [0.15, 0.2) is 0 Å². The van der Waals surface area contributed by atoms with Crippen molar-refractivity contribution in [2.75, 3.05) is 0 Å². The van der Waals surface area contributed by atoms with Gasteiger partial charge in [-0.3, -0.25) is 0 Å². The molecule has 2 heterocycles. The fourth-order valence-electron chi connectivity index (χ4n) is 3.56. The first-order valence-corrected chi connectivity index (χ1v) is 9.40. The van der Waals surface area contributed by atoms with Crippen molar-refractivity contribution in [3.63, 3.8) is 0 Å². The van der Waals surface area contributed by atoms with Gasteiger partial charge in [-0.1, -0.05) is 35.9 Å². The molecule has 0 spiro atoms. The van der Waals surface area contributed by atoms with E-state index in [0.717, 1.165) is 33.7 Å². The fourth-order valence-corrected chi connectivity index (χ4v) is 3.78. The van der Waals surface area contributed by atoms with Gasteiger partial charge in [-0.25, -0.2) is 4.98 Å². The van der Waals surface area contributed by atoms with Gasteiger partial charge >= 0.3 is 0 Å². The molecule has 0 aliphatic heterocycles. The summed E-state index contributed by atoms with van der Waals surface area (Å²) in [5.74, 6) is 0. The van der Waals surface area contributed by atoms with Gasteiger partial charge in [0.2, 0.25) is 0 Å². The van der Waals surface area contributed by atoms with Crippen LogP contribution in [0.25, 0.3) is 22.8 Å². The molecule has 0 unspecified atom stereocenters. The third kappa shape index (κ3) is 3.21. The van der Waals surface area contributed by atoms with E-state index >= 15 is 0 Å². The minimum atomic E-state index is 0.479. The summed E-state index contributed by atoms with van der Waals surface area (Å²) in [7, 11) is 0. The second kappa shape index (κ2) is 7.38. The van der Waals surface area contributed by atoms with Gasteiger partial charge in [0.25, 0.3) is 0 Å². The minimum Gasteiger partial charge on any atom is -0.325 e. The topological polar surface area (TPSA) is 46.5 Å². The molecule has 138 valence electrons. The highest BCUT2D eigenvalue weighted by Crippen LogP contribution is 2.27. The summed E-state index contributed by atoms with van der Waals surface area (Å²) in [5, 5.41) is 10.4. The van der Waals surface area contributed by atoms with E-state index in [1.165, 1.54) is 0 Å². The van der Waals surface area contributed by atoms with Gasteiger partial charge in [-0.15, -0.1) is 0 Å². The van der Waals surface area contributed by atoms with Crippen LogP contribution in [0.3, 0.4) is 0 Å². The molecular formula is C23H19ClN4. The monoisotopic (exact) mass is 386 g/mol. The van der Waals surface area contributed by atoms with Gasteiger partial charge in [0.1, 0.15) is 0 Å². The Bertz CT molecular complexity index is 1240.